The van der Waals surface area contributed by atoms with E-state index in [4.69, 9.17) is 0 Å². The summed E-state index contributed by atoms with van der Waals surface area (Å²) in [6.45, 7) is 1.96. The molecule has 3 rings (SSSR count). The fourth-order valence-corrected chi connectivity index (χ4v) is 2.15. The SMILES string of the molecule is Cc1ccc(NC(=O)c2cccc3ccccc23)nc1. The Morgan fingerprint density at radius 1 is 1.00 bits per heavy atom. The minimum atomic E-state index is -0.141. The van der Waals surface area contributed by atoms with Gasteiger partial charge < -0.3 is 5.32 Å². The molecule has 0 radical (unpaired) electrons. The van der Waals surface area contributed by atoms with Crippen molar-refractivity contribution in [1.29, 1.82) is 0 Å². The van der Waals surface area contributed by atoms with Crippen molar-refractivity contribution >= 4 is 22.5 Å². The Kier molecular flexibility index (Phi) is 3.17. The molecular weight excluding hydrogens is 248 g/mol. The van der Waals surface area contributed by atoms with E-state index < -0.39 is 0 Å². The maximum absolute atomic E-state index is 12.4. The molecule has 1 heterocycles. The number of benzene rings is 2. The number of carbonyl (C=O) groups excluding carboxylic acids is 1. The summed E-state index contributed by atoms with van der Waals surface area (Å²) in [6.07, 6.45) is 1.73. The van der Waals surface area contributed by atoms with Gasteiger partial charge in [0.15, 0.2) is 0 Å². The molecule has 20 heavy (non-hydrogen) atoms. The molecule has 0 atom stereocenters. The molecule has 98 valence electrons. The van der Waals surface area contributed by atoms with Crippen molar-refractivity contribution in [2.75, 3.05) is 5.32 Å². The third-order valence-corrected chi connectivity index (χ3v) is 3.19. The monoisotopic (exact) mass is 262 g/mol. The Balaban J connectivity index is 1.94. The average molecular weight is 262 g/mol. The lowest BCUT2D eigenvalue weighted by atomic mass is 10.0. The number of carbonyl (C=O) groups is 1. The van der Waals surface area contributed by atoms with Gasteiger partial charge >= 0.3 is 0 Å². The van der Waals surface area contributed by atoms with Gasteiger partial charge in [0.2, 0.25) is 0 Å². The topological polar surface area (TPSA) is 42.0 Å². The van der Waals surface area contributed by atoms with E-state index in [-0.39, 0.29) is 5.91 Å². The number of hydrogen-bond donors (Lipinski definition) is 1. The van der Waals surface area contributed by atoms with Gasteiger partial charge in [-0.3, -0.25) is 4.79 Å². The van der Waals surface area contributed by atoms with Crippen LogP contribution in [0.3, 0.4) is 0 Å². The van der Waals surface area contributed by atoms with Crippen LogP contribution in [0, 0.1) is 6.92 Å². The summed E-state index contributed by atoms with van der Waals surface area (Å²) in [7, 11) is 0. The maximum atomic E-state index is 12.4. The summed E-state index contributed by atoms with van der Waals surface area (Å²) in [5.41, 5.74) is 1.72. The number of amides is 1. The van der Waals surface area contributed by atoms with Crippen LogP contribution in [0.1, 0.15) is 15.9 Å². The molecule has 0 spiro atoms. The van der Waals surface area contributed by atoms with E-state index >= 15 is 0 Å². The van der Waals surface area contributed by atoms with Gasteiger partial charge in [0.1, 0.15) is 5.82 Å². The quantitative estimate of drug-likeness (QED) is 0.763. The highest BCUT2D eigenvalue weighted by Gasteiger charge is 2.10. The molecule has 1 aromatic heterocycles. The first kappa shape index (κ1) is 12.4. The van der Waals surface area contributed by atoms with E-state index in [1.807, 2.05) is 55.5 Å². The summed E-state index contributed by atoms with van der Waals surface area (Å²) in [5, 5.41) is 4.82. The van der Waals surface area contributed by atoms with Crippen molar-refractivity contribution in [2.24, 2.45) is 0 Å². The average Bonchev–Trinajstić information content (AvgIpc) is 2.49. The smallest absolute Gasteiger partial charge is 0.257 e. The predicted octanol–water partition coefficient (Wildman–Crippen LogP) is 3.80. The van der Waals surface area contributed by atoms with Gasteiger partial charge in [-0.15, -0.1) is 0 Å². The summed E-state index contributed by atoms with van der Waals surface area (Å²) in [4.78, 5) is 16.6. The molecular formula is C17H14N2O. The van der Waals surface area contributed by atoms with Crippen LogP contribution in [0.15, 0.2) is 60.8 Å². The van der Waals surface area contributed by atoms with Crippen molar-refractivity contribution in [3.8, 4) is 0 Å². The number of pyridine rings is 1. The minimum absolute atomic E-state index is 0.141. The number of rotatable bonds is 2. The third-order valence-electron chi connectivity index (χ3n) is 3.19. The molecule has 1 amide bonds. The molecule has 0 saturated heterocycles. The van der Waals surface area contributed by atoms with Crippen LogP contribution in [0.5, 0.6) is 0 Å². The first-order chi connectivity index (χ1) is 9.74. The molecule has 0 bridgehead atoms. The van der Waals surface area contributed by atoms with Crippen molar-refractivity contribution in [3.63, 3.8) is 0 Å². The highest BCUT2D eigenvalue weighted by atomic mass is 16.1. The normalized spacial score (nSPS) is 10.4. The highest BCUT2D eigenvalue weighted by molar-refractivity contribution is 6.12. The molecule has 1 N–H and O–H groups in total. The van der Waals surface area contributed by atoms with Crippen molar-refractivity contribution in [3.05, 3.63) is 71.9 Å². The second-order valence-corrected chi connectivity index (χ2v) is 4.70. The molecule has 3 heteroatoms. The van der Waals surface area contributed by atoms with Crippen LogP contribution in [0.4, 0.5) is 5.82 Å². The highest BCUT2D eigenvalue weighted by Crippen LogP contribution is 2.19. The molecule has 0 unspecified atom stereocenters. The summed E-state index contributed by atoms with van der Waals surface area (Å²) in [6, 6.07) is 17.3. The lowest BCUT2D eigenvalue weighted by molar-refractivity contribution is 0.102. The van der Waals surface area contributed by atoms with Gasteiger partial charge in [-0.2, -0.15) is 0 Å². The van der Waals surface area contributed by atoms with Gasteiger partial charge in [0, 0.05) is 11.8 Å². The summed E-state index contributed by atoms with van der Waals surface area (Å²) < 4.78 is 0. The van der Waals surface area contributed by atoms with E-state index in [9.17, 15) is 4.79 Å². The van der Waals surface area contributed by atoms with E-state index in [2.05, 4.69) is 10.3 Å². The number of anilines is 1. The Morgan fingerprint density at radius 2 is 1.80 bits per heavy atom. The van der Waals surface area contributed by atoms with Crippen molar-refractivity contribution < 1.29 is 4.79 Å². The van der Waals surface area contributed by atoms with Crippen LogP contribution in [0.25, 0.3) is 10.8 Å². The Hall–Kier alpha value is -2.68. The molecule has 0 saturated carbocycles. The summed E-state index contributed by atoms with van der Waals surface area (Å²) in [5.74, 6) is 0.423. The maximum Gasteiger partial charge on any atom is 0.257 e. The van der Waals surface area contributed by atoms with E-state index in [0.717, 1.165) is 16.3 Å². The zero-order valence-corrected chi connectivity index (χ0v) is 11.1. The first-order valence-corrected chi connectivity index (χ1v) is 6.46. The summed E-state index contributed by atoms with van der Waals surface area (Å²) >= 11 is 0. The van der Waals surface area contributed by atoms with Gasteiger partial charge in [-0.1, -0.05) is 42.5 Å². The Bertz CT molecular complexity index is 758. The van der Waals surface area contributed by atoms with Gasteiger partial charge in [-0.05, 0) is 35.4 Å². The second kappa shape index (κ2) is 5.13. The van der Waals surface area contributed by atoms with Gasteiger partial charge in [0.25, 0.3) is 5.91 Å². The molecule has 0 fully saturated rings. The zero-order valence-electron chi connectivity index (χ0n) is 11.1. The molecule has 2 aromatic carbocycles. The van der Waals surface area contributed by atoms with Crippen LogP contribution < -0.4 is 5.32 Å². The van der Waals surface area contributed by atoms with E-state index in [1.54, 1.807) is 12.3 Å². The van der Waals surface area contributed by atoms with E-state index in [0.29, 0.717) is 11.4 Å². The standard InChI is InChI=1S/C17H14N2O/c1-12-9-10-16(18-11-12)19-17(20)15-8-4-6-13-5-2-3-7-14(13)15/h2-11H,1H3,(H,18,19,20). The van der Waals surface area contributed by atoms with Crippen LogP contribution in [0.2, 0.25) is 0 Å². The number of nitrogens with zero attached hydrogens (tertiary/aromatic N) is 1. The number of hydrogen-bond acceptors (Lipinski definition) is 2. The lowest BCUT2D eigenvalue weighted by Crippen LogP contribution is -2.13. The number of aryl methyl sites for hydroxylation is 1. The molecule has 3 aromatic rings. The van der Waals surface area contributed by atoms with Gasteiger partial charge in [-0.25, -0.2) is 4.98 Å². The number of aromatic nitrogens is 1. The predicted molar refractivity (Wildman–Crippen MR) is 80.9 cm³/mol. The number of nitrogens with one attached hydrogen (secondary N) is 1. The molecule has 0 aliphatic heterocycles. The Labute approximate surface area is 117 Å². The lowest BCUT2D eigenvalue weighted by Gasteiger charge is -2.07. The van der Waals surface area contributed by atoms with Crippen molar-refractivity contribution in [2.45, 2.75) is 6.92 Å². The largest absolute Gasteiger partial charge is 0.307 e. The van der Waals surface area contributed by atoms with Crippen molar-refractivity contribution in [1.82, 2.24) is 4.98 Å². The minimum Gasteiger partial charge on any atom is -0.307 e. The molecule has 3 nitrogen and oxygen atoms in total. The zero-order chi connectivity index (χ0) is 13.9. The first-order valence-electron chi connectivity index (χ1n) is 6.46. The van der Waals surface area contributed by atoms with Crippen LogP contribution in [-0.2, 0) is 0 Å². The third kappa shape index (κ3) is 2.38. The van der Waals surface area contributed by atoms with Crippen LogP contribution in [-0.4, -0.2) is 10.9 Å². The Morgan fingerprint density at radius 3 is 2.60 bits per heavy atom. The fraction of sp³-hybridized carbons (Fsp3) is 0.0588. The van der Waals surface area contributed by atoms with E-state index in [1.165, 1.54) is 0 Å². The molecule has 0 aliphatic rings. The molecule has 0 aliphatic carbocycles. The second-order valence-electron chi connectivity index (χ2n) is 4.70. The fourth-order valence-electron chi connectivity index (χ4n) is 2.15. The number of fused-ring (bicyclic) bond motifs is 1. The van der Waals surface area contributed by atoms with Crippen LogP contribution >= 0.6 is 0 Å². The van der Waals surface area contributed by atoms with Gasteiger partial charge in [0.05, 0.1) is 0 Å².